The van der Waals surface area contributed by atoms with Crippen LogP contribution >= 0.6 is 11.8 Å². The molecule has 29 heavy (non-hydrogen) atoms. The van der Waals surface area contributed by atoms with Crippen LogP contribution in [0.15, 0.2) is 54.6 Å². The predicted octanol–water partition coefficient (Wildman–Crippen LogP) is 5.25. The van der Waals surface area contributed by atoms with Crippen LogP contribution in [0.3, 0.4) is 0 Å². The van der Waals surface area contributed by atoms with Crippen molar-refractivity contribution in [3.63, 3.8) is 0 Å². The predicted molar refractivity (Wildman–Crippen MR) is 107 cm³/mol. The molecule has 1 aliphatic rings. The Balaban J connectivity index is 1.71. The quantitative estimate of drug-likeness (QED) is 0.537. The van der Waals surface area contributed by atoms with Crippen molar-refractivity contribution >= 4 is 11.8 Å². The third-order valence-electron chi connectivity index (χ3n) is 4.83. The lowest BCUT2D eigenvalue weighted by Crippen LogP contribution is -2.32. The van der Waals surface area contributed by atoms with E-state index < -0.39 is 11.7 Å². The summed E-state index contributed by atoms with van der Waals surface area (Å²) in [5.41, 5.74) is 2.08. The van der Waals surface area contributed by atoms with E-state index in [9.17, 15) is 17.6 Å². The molecule has 4 rings (SSSR count). The molecule has 0 spiro atoms. The maximum atomic E-state index is 13.4. The Hall–Kier alpha value is -2.32. The lowest BCUT2D eigenvalue weighted by Gasteiger charge is -2.25. The zero-order valence-corrected chi connectivity index (χ0v) is 16.3. The van der Waals surface area contributed by atoms with E-state index in [0.717, 1.165) is 42.4 Å². The summed E-state index contributed by atoms with van der Waals surface area (Å²) >= 11 is 1.92. The zero-order valence-electron chi connectivity index (χ0n) is 15.5. The second kappa shape index (κ2) is 8.20. The average molecular weight is 421 g/mol. The van der Waals surface area contributed by atoms with Gasteiger partial charge in [-0.05, 0) is 42.5 Å². The standard InChI is InChI=1S/C21H19F4N3S/c22-17-5-7-19(8-6-17)28-20(15-1-3-16(4-2-15)21(23,24)25)13-18(26-28)14-27-9-11-29-12-10-27/h1-8,13H,9-12,14H2. The van der Waals surface area contributed by atoms with Crippen LogP contribution in [0.2, 0.25) is 0 Å². The molecule has 0 N–H and O–H groups in total. The SMILES string of the molecule is Fc1ccc(-n2nc(CN3CCSCC3)cc2-c2ccc(C(F)(F)F)cc2)cc1. The molecule has 0 saturated carbocycles. The number of alkyl halides is 3. The van der Waals surface area contributed by atoms with E-state index in [1.165, 1.54) is 24.3 Å². The van der Waals surface area contributed by atoms with Crippen LogP contribution in [0.25, 0.3) is 16.9 Å². The Morgan fingerprint density at radius 3 is 2.21 bits per heavy atom. The minimum Gasteiger partial charge on any atom is -0.296 e. The monoisotopic (exact) mass is 421 g/mol. The Morgan fingerprint density at radius 1 is 0.931 bits per heavy atom. The van der Waals surface area contributed by atoms with Crippen LogP contribution in [-0.4, -0.2) is 39.3 Å². The maximum Gasteiger partial charge on any atom is 0.416 e. The number of thioether (sulfide) groups is 1. The molecule has 3 aromatic rings. The fraction of sp³-hybridized carbons (Fsp3) is 0.286. The minimum absolute atomic E-state index is 0.358. The molecule has 0 unspecified atom stereocenters. The van der Waals surface area contributed by atoms with Crippen LogP contribution < -0.4 is 0 Å². The maximum absolute atomic E-state index is 13.4. The first kappa shape index (κ1) is 20.0. The molecule has 0 radical (unpaired) electrons. The lowest BCUT2D eigenvalue weighted by atomic mass is 10.1. The Kier molecular flexibility index (Phi) is 5.65. The van der Waals surface area contributed by atoms with Crippen LogP contribution in [-0.2, 0) is 12.7 Å². The first-order valence-electron chi connectivity index (χ1n) is 9.23. The molecule has 1 fully saturated rings. The summed E-state index contributed by atoms with van der Waals surface area (Å²) in [7, 11) is 0. The van der Waals surface area contributed by atoms with Crippen molar-refractivity contribution in [2.24, 2.45) is 0 Å². The molecule has 2 heterocycles. The second-order valence-corrected chi connectivity index (χ2v) is 8.10. The smallest absolute Gasteiger partial charge is 0.296 e. The molecule has 0 bridgehead atoms. The van der Waals surface area contributed by atoms with E-state index >= 15 is 0 Å². The van der Waals surface area contributed by atoms with Gasteiger partial charge < -0.3 is 0 Å². The molecule has 0 atom stereocenters. The van der Waals surface area contributed by atoms with Crippen LogP contribution in [0.4, 0.5) is 17.6 Å². The summed E-state index contributed by atoms with van der Waals surface area (Å²) in [6.07, 6.45) is -4.38. The fourth-order valence-corrected chi connectivity index (χ4v) is 4.29. The van der Waals surface area contributed by atoms with Gasteiger partial charge in [0.05, 0.1) is 22.6 Å². The Morgan fingerprint density at radius 2 is 1.59 bits per heavy atom. The van der Waals surface area contributed by atoms with Gasteiger partial charge in [0.15, 0.2) is 0 Å². The molecule has 1 aromatic heterocycles. The number of hydrogen-bond acceptors (Lipinski definition) is 3. The number of aromatic nitrogens is 2. The molecular weight excluding hydrogens is 402 g/mol. The van der Waals surface area contributed by atoms with Gasteiger partial charge in [-0.1, -0.05) is 12.1 Å². The van der Waals surface area contributed by atoms with E-state index in [2.05, 4.69) is 10.00 Å². The van der Waals surface area contributed by atoms with Crippen LogP contribution in [0.1, 0.15) is 11.3 Å². The zero-order chi connectivity index (χ0) is 20.4. The summed E-state index contributed by atoms with van der Waals surface area (Å²) in [6, 6.07) is 12.8. The van der Waals surface area contributed by atoms with Crippen molar-refractivity contribution in [1.82, 2.24) is 14.7 Å². The van der Waals surface area contributed by atoms with Crippen molar-refractivity contribution < 1.29 is 17.6 Å². The van der Waals surface area contributed by atoms with Gasteiger partial charge in [0.25, 0.3) is 0 Å². The van der Waals surface area contributed by atoms with Gasteiger partial charge in [-0.3, -0.25) is 4.90 Å². The van der Waals surface area contributed by atoms with E-state index in [1.807, 2.05) is 17.8 Å². The lowest BCUT2D eigenvalue weighted by molar-refractivity contribution is -0.137. The van der Waals surface area contributed by atoms with Crippen molar-refractivity contribution in [3.8, 4) is 16.9 Å². The largest absolute Gasteiger partial charge is 0.416 e. The highest BCUT2D eigenvalue weighted by molar-refractivity contribution is 7.99. The van der Waals surface area contributed by atoms with Gasteiger partial charge >= 0.3 is 6.18 Å². The molecular formula is C21H19F4N3S. The van der Waals surface area contributed by atoms with Gasteiger partial charge in [-0.25, -0.2) is 9.07 Å². The summed E-state index contributed by atoms with van der Waals surface area (Å²) in [5, 5.41) is 4.68. The fourth-order valence-electron chi connectivity index (χ4n) is 3.31. The van der Waals surface area contributed by atoms with Crippen LogP contribution in [0.5, 0.6) is 0 Å². The number of halogens is 4. The van der Waals surface area contributed by atoms with E-state index in [4.69, 9.17) is 0 Å². The highest BCUT2D eigenvalue weighted by Gasteiger charge is 2.30. The Labute approximate surface area is 170 Å². The van der Waals surface area contributed by atoms with Gasteiger partial charge in [0.1, 0.15) is 5.82 Å². The van der Waals surface area contributed by atoms with Gasteiger partial charge in [-0.15, -0.1) is 0 Å². The van der Waals surface area contributed by atoms with Crippen molar-refractivity contribution in [2.45, 2.75) is 12.7 Å². The molecule has 0 aliphatic carbocycles. The second-order valence-electron chi connectivity index (χ2n) is 6.87. The molecule has 1 aliphatic heterocycles. The highest BCUT2D eigenvalue weighted by atomic mass is 32.2. The molecule has 1 saturated heterocycles. The average Bonchev–Trinajstić information content (AvgIpc) is 3.12. The van der Waals surface area contributed by atoms with Crippen molar-refractivity contribution in [3.05, 3.63) is 71.7 Å². The number of rotatable bonds is 4. The van der Waals surface area contributed by atoms with Crippen molar-refractivity contribution in [1.29, 1.82) is 0 Å². The minimum atomic E-state index is -4.38. The highest BCUT2D eigenvalue weighted by Crippen LogP contribution is 2.32. The molecule has 0 amide bonds. The van der Waals surface area contributed by atoms with Crippen molar-refractivity contribution in [2.75, 3.05) is 24.6 Å². The number of hydrogen-bond donors (Lipinski definition) is 0. The van der Waals surface area contributed by atoms with E-state index in [0.29, 0.717) is 23.5 Å². The number of benzene rings is 2. The summed E-state index contributed by atoms with van der Waals surface area (Å²) in [6.45, 7) is 2.62. The first-order valence-corrected chi connectivity index (χ1v) is 10.4. The summed E-state index contributed by atoms with van der Waals surface area (Å²) < 4.78 is 53.7. The summed E-state index contributed by atoms with van der Waals surface area (Å²) in [4.78, 5) is 2.31. The van der Waals surface area contributed by atoms with Gasteiger partial charge in [-0.2, -0.15) is 30.0 Å². The molecule has 2 aromatic carbocycles. The van der Waals surface area contributed by atoms with E-state index in [-0.39, 0.29) is 5.82 Å². The Bertz CT molecular complexity index is 959. The molecule has 8 heteroatoms. The van der Waals surface area contributed by atoms with Gasteiger partial charge in [0.2, 0.25) is 0 Å². The van der Waals surface area contributed by atoms with E-state index in [1.54, 1.807) is 16.8 Å². The third-order valence-corrected chi connectivity index (χ3v) is 5.77. The normalized spacial score (nSPS) is 15.6. The van der Waals surface area contributed by atoms with Crippen LogP contribution in [0, 0.1) is 5.82 Å². The molecule has 152 valence electrons. The molecule has 3 nitrogen and oxygen atoms in total. The first-order chi connectivity index (χ1) is 13.9. The third kappa shape index (κ3) is 4.64. The number of nitrogens with zero attached hydrogens (tertiary/aromatic N) is 3. The summed E-state index contributed by atoms with van der Waals surface area (Å²) in [5.74, 6) is 1.79. The van der Waals surface area contributed by atoms with Gasteiger partial charge in [0, 0.05) is 36.7 Å². The topological polar surface area (TPSA) is 21.1 Å².